The van der Waals surface area contributed by atoms with Gasteiger partial charge in [-0.05, 0) is 13.8 Å². The van der Waals surface area contributed by atoms with Crippen LogP contribution in [0.1, 0.15) is 39.4 Å². The molecule has 1 aromatic heterocycles. The molecule has 0 fully saturated rings. The molecule has 0 aromatic carbocycles. The molecule has 0 bridgehead atoms. The van der Waals surface area contributed by atoms with Crippen LogP contribution in [0, 0.1) is 0 Å². The van der Waals surface area contributed by atoms with Gasteiger partial charge in [0.05, 0.1) is 0 Å². The Morgan fingerprint density at radius 3 is 2.81 bits per heavy atom. The summed E-state index contributed by atoms with van der Waals surface area (Å²) in [5, 5.41) is 3.10. The Kier molecular flexibility index (Phi) is 4.28. The van der Waals surface area contributed by atoms with Crippen molar-refractivity contribution >= 4 is 5.82 Å². The van der Waals surface area contributed by atoms with Gasteiger partial charge in [0.1, 0.15) is 11.6 Å². The van der Waals surface area contributed by atoms with Crippen LogP contribution in [0.2, 0.25) is 0 Å². The first-order valence-corrected chi connectivity index (χ1v) is 5.47. The van der Waals surface area contributed by atoms with Crippen molar-refractivity contribution in [3.8, 4) is 0 Å². The van der Waals surface area contributed by atoms with Gasteiger partial charge in [-0.2, -0.15) is 0 Å². The first-order chi connectivity index (χ1) is 7.49. The topological polar surface area (TPSA) is 57.8 Å². The van der Waals surface area contributed by atoms with Crippen LogP contribution in [0.3, 0.4) is 0 Å². The molecule has 0 aliphatic rings. The van der Waals surface area contributed by atoms with Crippen molar-refractivity contribution in [1.82, 2.24) is 9.97 Å². The van der Waals surface area contributed by atoms with Crippen molar-refractivity contribution in [2.75, 3.05) is 11.9 Å². The van der Waals surface area contributed by atoms with E-state index < -0.39 is 0 Å². The smallest absolute Gasteiger partial charge is 0.252 e. The number of aromatic nitrogens is 2. The number of rotatable bonds is 4. The number of allylic oxidation sites excluding steroid dienone is 1. The summed E-state index contributed by atoms with van der Waals surface area (Å²) in [5.74, 6) is 1.56. The van der Waals surface area contributed by atoms with Crippen LogP contribution in [-0.4, -0.2) is 16.5 Å². The van der Waals surface area contributed by atoms with Gasteiger partial charge in [0.2, 0.25) is 0 Å². The predicted molar refractivity (Wildman–Crippen MR) is 66.9 cm³/mol. The molecule has 1 aromatic rings. The van der Waals surface area contributed by atoms with Crippen LogP contribution in [0.4, 0.5) is 5.82 Å². The zero-order valence-corrected chi connectivity index (χ0v) is 10.3. The molecule has 0 aliphatic heterocycles. The molecule has 0 aliphatic carbocycles. The van der Waals surface area contributed by atoms with Crippen LogP contribution in [0.25, 0.3) is 0 Å². The van der Waals surface area contributed by atoms with Crippen LogP contribution in [0.5, 0.6) is 0 Å². The van der Waals surface area contributed by atoms with Crippen LogP contribution in [-0.2, 0) is 0 Å². The molecule has 4 heteroatoms. The molecular formula is C12H19N3O. The lowest BCUT2D eigenvalue weighted by Gasteiger charge is -2.07. The largest absolute Gasteiger partial charge is 0.366 e. The van der Waals surface area contributed by atoms with Crippen molar-refractivity contribution < 1.29 is 0 Å². The summed E-state index contributed by atoms with van der Waals surface area (Å²) in [4.78, 5) is 18.4. The number of nitrogens with zero attached hydrogens (tertiary/aromatic N) is 1. The average Bonchev–Trinajstić information content (AvgIpc) is 2.16. The number of nitrogens with one attached hydrogen (secondary N) is 2. The Labute approximate surface area is 95.8 Å². The lowest BCUT2D eigenvalue weighted by molar-refractivity contribution is 0.767. The Morgan fingerprint density at radius 1 is 1.56 bits per heavy atom. The van der Waals surface area contributed by atoms with E-state index in [1.54, 1.807) is 0 Å². The van der Waals surface area contributed by atoms with E-state index in [4.69, 9.17) is 0 Å². The van der Waals surface area contributed by atoms with Crippen LogP contribution >= 0.6 is 0 Å². The second kappa shape index (κ2) is 5.49. The minimum Gasteiger partial charge on any atom is -0.366 e. The Balaban J connectivity index is 2.81. The Bertz CT molecular complexity index is 428. The number of H-pyrrole nitrogens is 1. The van der Waals surface area contributed by atoms with Crippen molar-refractivity contribution in [1.29, 1.82) is 0 Å². The van der Waals surface area contributed by atoms with Gasteiger partial charge in [-0.1, -0.05) is 25.5 Å². The van der Waals surface area contributed by atoms with Gasteiger partial charge < -0.3 is 10.3 Å². The summed E-state index contributed by atoms with van der Waals surface area (Å²) < 4.78 is 0. The fourth-order valence-electron chi connectivity index (χ4n) is 1.20. The van der Waals surface area contributed by atoms with Gasteiger partial charge in [-0.3, -0.25) is 4.79 Å². The number of hydrogen-bond donors (Lipinski definition) is 2. The third-order valence-electron chi connectivity index (χ3n) is 2.10. The molecule has 0 amide bonds. The minimum atomic E-state index is -0.113. The second-order valence-electron chi connectivity index (χ2n) is 4.33. The minimum absolute atomic E-state index is 0.113. The monoisotopic (exact) mass is 221 g/mol. The van der Waals surface area contributed by atoms with Crippen molar-refractivity contribution in [3.05, 3.63) is 33.9 Å². The van der Waals surface area contributed by atoms with Crippen molar-refractivity contribution in [2.24, 2.45) is 0 Å². The molecule has 0 saturated heterocycles. The molecule has 0 unspecified atom stereocenters. The molecule has 2 N–H and O–H groups in total. The summed E-state index contributed by atoms with van der Waals surface area (Å²) in [6.45, 7) is 8.76. The van der Waals surface area contributed by atoms with E-state index in [0.29, 0.717) is 18.2 Å². The summed E-state index contributed by atoms with van der Waals surface area (Å²) in [6.07, 6.45) is 2.05. The molecule has 16 heavy (non-hydrogen) atoms. The summed E-state index contributed by atoms with van der Waals surface area (Å²) in [7, 11) is 0. The highest BCUT2D eigenvalue weighted by molar-refractivity contribution is 5.34. The first kappa shape index (κ1) is 12.5. The second-order valence-corrected chi connectivity index (χ2v) is 4.33. The Hall–Kier alpha value is -1.58. The van der Waals surface area contributed by atoms with Gasteiger partial charge in [0.15, 0.2) is 0 Å². The maximum absolute atomic E-state index is 11.4. The molecule has 1 heterocycles. The lowest BCUT2D eigenvalue weighted by Crippen LogP contribution is -2.14. The summed E-state index contributed by atoms with van der Waals surface area (Å²) in [6, 6.07) is 1.48. The molecule has 1 rings (SSSR count). The summed E-state index contributed by atoms with van der Waals surface area (Å²) in [5.41, 5.74) is 1.12. The standard InChI is InChI=1S/C12H19N3O/c1-8(2)5-6-13-10-7-11(16)15-12(14-10)9(3)4/h5,7,9H,6H2,1-4H3,(H2,13,14,15,16). The van der Waals surface area contributed by atoms with Crippen molar-refractivity contribution in [2.45, 2.75) is 33.6 Å². The lowest BCUT2D eigenvalue weighted by atomic mass is 10.2. The van der Waals surface area contributed by atoms with Gasteiger partial charge in [0.25, 0.3) is 5.56 Å². The van der Waals surface area contributed by atoms with E-state index in [2.05, 4.69) is 21.4 Å². The van der Waals surface area contributed by atoms with Gasteiger partial charge in [-0.15, -0.1) is 0 Å². The highest BCUT2D eigenvalue weighted by Crippen LogP contribution is 2.08. The fourth-order valence-corrected chi connectivity index (χ4v) is 1.20. The third-order valence-corrected chi connectivity index (χ3v) is 2.10. The molecule has 0 saturated carbocycles. The van der Waals surface area contributed by atoms with E-state index in [0.717, 1.165) is 0 Å². The summed E-state index contributed by atoms with van der Waals surface area (Å²) >= 11 is 0. The van der Waals surface area contributed by atoms with Gasteiger partial charge in [-0.25, -0.2) is 4.98 Å². The highest BCUT2D eigenvalue weighted by atomic mass is 16.1. The molecular weight excluding hydrogens is 202 g/mol. The zero-order chi connectivity index (χ0) is 12.1. The predicted octanol–water partition coefficient (Wildman–Crippen LogP) is 2.27. The molecule has 4 nitrogen and oxygen atoms in total. The maximum atomic E-state index is 11.4. The Morgan fingerprint density at radius 2 is 2.25 bits per heavy atom. The quantitative estimate of drug-likeness (QED) is 0.767. The number of hydrogen-bond acceptors (Lipinski definition) is 3. The molecule has 0 radical (unpaired) electrons. The number of aromatic amines is 1. The zero-order valence-electron chi connectivity index (χ0n) is 10.3. The van der Waals surface area contributed by atoms with Gasteiger partial charge >= 0.3 is 0 Å². The van der Waals surface area contributed by atoms with Gasteiger partial charge in [0, 0.05) is 18.5 Å². The van der Waals surface area contributed by atoms with Crippen molar-refractivity contribution in [3.63, 3.8) is 0 Å². The fraction of sp³-hybridized carbons (Fsp3) is 0.500. The van der Waals surface area contributed by atoms with E-state index in [1.165, 1.54) is 11.6 Å². The molecule has 0 spiro atoms. The van der Waals surface area contributed by atoms with E-state index in [1.807, 2.05) is 27.7 Å². The highest BCUT2D eigenvalue weighted by Gasteiger charge is 2.04. The SMILES string of the molecule is CC(C)=CCNc1cc(=O)[nH]c(C(C)C)n1. The normalized spacial score (nSPS) is 10.3. The third kappa shape index (κ3) is 3.88. The van der Waals surface area contributed by atoms with Crippen LogP contribution < -0.4 is 10.9 Å². The molecule has 0 atom stereocenters. The molecule has 88 valence electrons. The van der Waals surface area contributed by atoms with E-state index in [9.17, 15) is 4.79 Å². The maximum Gasteiger partial charge on any atom is 0.252 e. The average molecular weight is 221 g/mol. The first-order valence-electron chi connectivity index (χ1n) is 5.47. The number of anilines is 1. The van der Waals surface area contributed by atoms with E-state index in [-0.39, 0.29) is 11.5 Å². The van der Waals surface area contributed by atoms with Crippen LogP contribution in [0.15, 0.2) is 22.5 Å². The van der Waals surface area contributed by atoms with E-state index >= 15 is 0 Å².